The molecule has 2 aliphatic rings. The number of alkyl halides is 3. The molecular weight excluding hydrogens is 589 g/mol. The number of carbonyl (C=O) groups excluding carboxylic acids is 2. The van der Waals surface area contributed by atoms with Gasteiger partial charge in [-0.2, -0.15) is 13.2 Å². The Hall–Kier alpha value is -5.54. The van der Waals surface area contributed by atoms with Crippen molar-refractivity contribution in [3.8, 4) is 17.4 Å². The number of carboxylic acid groups (broad SMARTS) is 1. The molecule has 44 heavy (non-hydrogen) atoms. The Bertz CT molecular complexity index is 1510. The number of halogens is 3. The van der Waals surface area contributed by atoms with Gasteiger partial charge in [0.25, 0.3) is 11.8 Å². The number of benzene rings is 2. The number of carboxylic acids is 1. The van der Waals surface area contributed by atoms with E-state index >= 15 is 0 Å². The molecule has 3 aromatic rings. The lowest BCUT2D eigenvalue weighted by atomic mass is 10.0. The number of aromatic nitrogens is 1. The summed E-state index contributed by atoms with van der Waals surface area (Å²) in [5, 5.41) is 10.3. The zero-order valence-corrected chi connectivity index (χ0v) is 23.6. The van der Waals surface area contributed by atoms with Crippen LogP contribution in [0.1, 0.15) is 41.4 Å². The van der Waals surface area contributed by atoms with Gasteiger partial charge in [0, 0.05) is 17.4 Å². The highest BCUT2D eigenvalue weighted by Crippen LogP contribution is 2.33. The number of amides is 2. The second-order valence-electron chi connectivity index (χ2n) is 9.15. The second kappa shape index (κ2) is 14.6. The van der Waals surface area contributed by atoms with E-state index in [-0.39, 0.29) is 24.3 Å². The first kappa shape index (κ1) is 33.0. The number of nitrogens with one attached hydrogen (secondary N) is 3. The molecule has 1 unspecified atom stereocenters. The summed E-state index contributed by atoms with van der Waals surface area (Å²) in [4.78, 5) is 43.2. The highest BCUT2D eigenvalue weighted by Gasteiger charge is 2.38. The minimum atomic E-state index is -5.08. The summed E-state index contributed by atoms with van der Waals surface area (Å²) in [5.74, 6) is -2.51. The lowest BCUT2D eigenvalue weighted by Gasteiger charge is -2.22. The predicted octanol–water partition coefficient (Wildman–Crippen LogP) is 3.18. The van der Waals surface area contributed by atoms with Gasteiger partial charge in [0.05, 0.1) is 13.2 Å². The van der Waals surface area contributed by atoms with Gasteiger partial charge in [-0.15, -0.1) is 0 Å². The van der Waals surface area contributed by atoms with Gasteiger partial charge in [0.2, 0.25) is 5.88 Å². The van der Waals surface area contributed by atoms with Crippen LogP contribution in [0.3, 0.4) is 0 Å². The number of anilines is 1. The Balaban J connectivity index is 0.000000676. The smallest absolute Gasteiger partial charge is 0.487 e. The normalized spacial score (nSPS) is 15.2. The number of fused-ring (bicyclic) bond motifs is 5. The fourth-order valence-corrected chi connectivity index (χ4v) is 3.62. The number of amidine groups is 1. The summed E-state index contributed by atoms with van der Waals surface area (Å²) in [6, 6.07) is 14.5. The van der Waals surface area contributed by atoms with Crippen molar-refractivity contribution in [1.82, 2.24) is 15.8 Å². The van der Waals surface area contributed by atoms with Crippen molar-refractivity contribution in [3.63, 3.8) is 0 Å². The Morgan fingerprint density at radius 1 is 1.11 bits per heavy atom. The topological polar surface area (TPSA) is 186 Å². The van der Waals surface area contributed by atoms with E-state index in [1.165, 1.54) is 19.4 Å². The summed E-state index contributed by atoms with van der Waals surface area (Å²) in [5.41, 5.74) is 13.1. The largest absolute Gasteiger partial charge is 0.490 e. The van der Waals surface area contributed by atoms with Gasteiger partial charge < -0.3 is 30.4 Å². The summed E-state index contributed by atoms with van der Waals surface area (Å²) in [6.07, 6.45) is -3.68. The molecule has 0 fully saturated rings. The zero-order chi connectivity index (χ0) is 32.4. The number of ether oxygens (including phenoxy) is 3. The van der Waals surface area contributed by atoms with E-state index in [0.29, 0.717) is 34.1 Å². The van der Waals surface area contributed by atoms with Crippen molar-refractivity contribution < 1.29 is 46.9 Å². The predicted molar refractivity (Wildman–Crippen MR) is 151 cm³/mol. The number of aliphatic carboxylic acids is 1. The summed E-state index contributed by atoms with van der Waals surface area (Å²) >= 11 is 0. The third-order valence-electron chi connectivity index (χ3n) is 5.62. The first-order valence-electron chi connectivity index (χ1n) is 12.8. The van der Waals surface area contributed by atoms with Crippen LogP contribution >= 0.6 is 0 Å². The van der Waals surface area contributed by atoms with Crippen LogP contribution in [0.4, 0.5) is 18.9 Å². The maximum absolute atomic E-state index is 13.4. The van der Waals surface area contributed by atoms with Crippen LogP contribution < -0.4 is 36.1 Å². The molecule has 4 bridgehead atoms. The summed E-state index contributed by atoms with van der Waals surface area (Å²) in [7, 11) is 1.41. The van der Waals surface area contributed by atoms with E-state index in [9.17, 15) is 22.8 Å². The first-order valence-corrected chi connectivity index (χ1v) is 12.8. The molecule has 234 valence electrons. The number of carbonyl (C=O) groups is 3. The number of hydrazine groups is 1. The van der Waals surface area contributed by atoms with Crippen molar-refractivity contribution in [3.05, 3.63) is 77.5 Å². The molecule has 0 radical (unpaired) electrons. The third-order valence-corrected chi connectivity index (χ3v) is 5.62. The average molecular weight is 619 g/mol. The van der Waals surface area contributed by atoms with Crippen molar-refractivity contribution in [2.24, 2.45) is 10.7 Å². The molecule has 2 aliphatic heterocycles. The van der Waals surface area contributed by atoms with Gasteiger partial charge in [0.15, 0.2) is 18.2 Å². The highest BCUT2D eigenvalue weighted by atomic mass is 19.4. The number of nitrogens with two attached hydrogens (primary N) is 1. The second-order valence-corrected chi connectivity index (χ2v) is 9.15. The molecule has 0 saturated carbocycles. The van der Waals surface area contributed by atoms with Gasteiger partial charge in [-0.25, -0.2) is 14.8 Å². The molecule has 2 aromatic carbocycles. The molecule has 1 atom stereocenters. The zero-order valence-electron chi connectivity index (χ0n) is 23.6. The number of rotatable bonds is 5. The van der Waals surface area contributed by atoms with E-state index in [2.05, 4.69) is 26.1 Å². The maximum Gasteiger partial charge on any atom is 0.490 e. The van der Waals surface area contributed by atoms with Crippen molar-refractivity contribution in [2.45, 2.75) is 32.2 Å². The Labute approximate surface area is 249 Å². The Morgan fingerprint density at radius 3 is 2.41 bits per heavy atom. The van der Waals surface area contributed by atoms with E-state index in [1.54, 1.807) is 48.5 Å². The Morgan fingerprint density at radius 2 is 1.80 bits per heavy atom. The van der Waals surface area contributed by atoms with Crippen LogP contribution in [0, 0.1) is 0 Å². The molecule has 3 heterocycles. The van der Waals surface area contributed by atoms with E-state index < -0.39 is 30.0 Å². The van der Waals surface area contributed by atoms with E-state index in [4.69, 9.17) is 29.8 Å². The fraction of sp³-hybridized carbons (Fsp3) is 0.250. The van der Waals surface area contributed by atoms with Crippen molar-refractivity contribution in [1.29, 1.82) is 0 Å². The van der Waals surface area contributed by atoms with Gasteiger partial charge in [-0.1, -0.05) is 6.07 Å². The van der Waals surface area contributed by atoms with Crippen LogP contribution in [0.5, 0.6) is 17.4 Å². The number of nitrogens with zero attached hydrogens (tertiary/aromatic N) is 2. The number of aliphatic imine (C=N–C) groups is 1. The van der Waals surface area contributed by atoms with Crippen molar-refractivity contribution >= 4 is 29.3 Å². The Kier molecular flexibility index (Phi) is 10.9. The van der Waals surface area contributed by atoms with Crippen LogP contribution in [-0.4, -0.2) is 59.8 Å². The lowest BCUT2D eigenvalue weighted by molar-refractivity contribution is -0.192. The molecule has 0 saturated heterocycles. The number of methoxy groups -OCH3 is 1. The molecule has 2 amide bonds. The highest BCUT2D eigenvalue weighted by molar-refractivity contribution is 5.99. The standard InChI is InChI=1S/C26H28N6O5.C2HF3O2/c1-15(2)37-20-11-8-17-13-21(20)36-14-29-23(27)16-6-9-18(10-7-16)30-22(17)25(34)32-31-24(33)19-5-4-12-28-26(19)35-3;3-2(4,5)1(6)7/h4-13,15,22,30H,14H2,1-3H3,(H2,27,29)(H,31,33)(H,32,34);(H,6,7). The van der Waals surface area contributed by atoms with Crippen LogP contribution in [0.25, 0.3) is 0 Å². The molecule has 16 heteroatoms. The molecule has 13 nitrogen and oxygen atoms in total. The average Bonchev–Trinajstić information content (AvgIpc) is 3.00. The van der Waals surface area contributed by atoms with Crippen molar-refractivity contribution in [2.75, 3.05) is 19.2 Å². The number of pyridine rings is 1. The van der Waals surface area contributed by atoms with Crippen LogP contribution in [0.2, 0.25) is 0 Å². The van der Waals surface area contributed by atoms with Crippen LogP contribution in [0.15, 0.2) is 65.8 Å². The van der Waals surface area contributed by atoms with Gasteiger partial charge in [-0.3, -0.25) is 20.4 Å². The summed E-state index contributed by atoms with van der Waals surface area (Å²) in [6.45, 7) is 3.76. The SMILES string of the molecule is COc1ncccc1C(=O)NNC(=O)C1Nc2ccc(cc2)/C(N)=N\COc2cc1ccc2OC(C)C.O=C(O)C(F)(F)F. The molecule has 6 N–H and O–H groups in total. The monoisotopic (exact) mass is 618 g/mol. The molecule has 0 spiro atoms. The molecule has 5 rings (SSSR count). The third kappa shape index (κ3) is 8.98. The van der Waals surface area contributed by atoms with Gasteiger partial charge in [-0.05, 0) is 67.9 Å². The van der Waals surface area contributed by atoms with E-state index in [0.717, 1.165) is 0 Å². The quantitative estimate of drug-likeness (QED) is 0.266. The lowest BCUT2D eigenvalue weighted by Crippen LogP contribution is -2.45. The number of hydrogen-bond acceptors (Lipinski definition) is 10. The minimum absolute atomic E-state index is 0.0429. The minimum Gasteiger partial charge on any atom is -0.487 e. The maximum atomic E-state index is 13.4. The molecule has 0 aliphatic carbocycles. The first-order chi connectivity index (χ1) is 20.8. The molecule has 1 aromatic heterocycles. The van der Waals surface area contributed by atoms with E-state index in [1.807, 2.05) is 13.8 Å². The van der Waals surface area contributed by atoms with Gasteiger partial charge >= 0.3 is 12.1 Å². The fourth-order valence-electron chi connectivity index (χ4n) is 3.62. The van der Waals surface area contributed by atoms with Gasteiger partial charge in [0.1, 0.15) is 17.4 Å². The van der Waals surface area contributed by atoms with Crippen LogP contribution in [-0.2, 0) is 9.59 Å². The number of hydrogen-bond donors (Lipinski definition) is 5. The molecular formula is C28H29F3N6O7. The summed E-state index contributed by atoms with van der Waals surface area (Å²) < 4.78 is 48.6.